The smallest absolute Gasteiger partial charge is 0.222 e. The van der Waals surface area contributed by atoms with Crippen LogP contribution in [0, 0.1) is 46.3 Å². The molecule has 2 N–H and O–H groups in total. The van der Waals surface area contributed by atoms with Crippen LogP contribution in [0.1, 0.15) is 96.6 Å². The summed E-state index contributed by atoms with van der Waals surface area (Å²) in [4.78, 5) is 15.3. The molecule has 0 bridgehead atoms. The zero-order valence-corrected chi connectivity index (χ0v) is 24.4. The molecule has 5 heteroatoms. The zero-order chi connectivity index (χ0) is 27.4. The quantitative estimate of drug-likeness (QED) is 0.484. The summed E-state index contributed by atoms with van der Waals surface area (Å²) < 4.78 is 5.99. The third-order valence-corrected chi connectivity index (χ3v) is 12.8. The maximum atomic E-state index is 13.3. The van der Waals surface area contributed by atoms with Gasteiger partial charge in [-0.2, -0.15) is 0 Å². The van der Waals surface area contributed by atoms with Crippen LogP contribution in [0.2, 0.25) is 0 Å². The summed E-state index contributed by atoms with van der Waals surface area (Å²) in [5.41, 5.74) is 1.69. The molecule has 4 saturated carbocycles. The minimum absolute atomic E-state index is 0.0261. The molecular weight excluding hydrogens is 486 g/mol. The molecule has 1 amide bonds. The molecule has 1 aliphatic heterocycles. The van der Waals surface area contributed by atoms with Gasteiger partial charge in [0.05, 0.1) is 25.4 Å². The topological polar surface area (TPSA) is 70.0 Å². The van der Waals surface area contributed by atoms with Gasteiger partial charge in [-0.15, -0.1) is 0 Å². The first-order valence-corrected chi connectivity index (χ1v) is 16.0. The third-order valence-electron chi connectivity index (χ3n) is 12.8. The van der Waals surface area contributed by atoms with Crippen molar-refractivity contribution in [3.63, 3.8) is 0 Å². The Bertz CT molecular complexity index is 1020. The average Bonchev–Trinajstić information content (AvgIpc) is 3.30. The fourth-order valence-corrected chi connectivity index (χ4v) is 10.6. The summed E-state index contributed by atoms with van der Waals surface area (Å²) in [6.07, 6.45) is 9.87. The highest BCUT2D eigenvalue weighted by atomic mass is 16.5. The van der Waals surface area contributed by atoms with Crippen LogP contribution in [0.25, 0.3) is 0 Å². The normalized spacial score (nSPS) is 44.7. The second-order valence-corrected chi connectivity index (χ2v) is 14.6. The first-order valence-electron chi connectivity index (χ1n) is 16.0. The Hall–Kier alpha value is -1.43. The Labute approximate surface area is 235 Å². The maximum absolute atomic E-state index is 13.3. The number of aliphatic hydroxyl groups excluding tert-OH is 2. The second-order valence-electron chi connectivity index (χ2n) is 14.6. The lowest BCUT2D eigenvalue weighted by Crippen LogP contribution is -2.58. The molecule has 11 atom stereocenters. The van der Waals surface area contributed by atoms with Crippen LogP contribution >= 0.6 is 0 Å². The number of ether oxygens (including phenoxy) is 1. The van der Waals surface area contributed by atoms with Crippen molar-refractivity contribution >= 4 is 5.91 Å². The van der Waals surface area contributed by atoms with E-state index in [0.29, 0.717) is 61.6 Å². The fourth-order valence-electron chi connectivity index (χ4n) is 10.6. The molecule has 4 aliphatic carbocycles. The lowest BCUT2D eigenvalue weighted by molar-refractivity contribution is -0.174. The predicted molar refractivity (Wildman–Crippen MR) is 153 cm³/mol. The van der Waals surface area contributed by atoms with Gasteiger partial charge in [-0.1, -0.05) is 51.1 Å². The molecular formula is C34H51NO4. The molecule has 39 heavy (non-hydrogen) atoms. The van der Waals surface area contributed by atoms with E-state index in [0.717, 1.165) is 37.7 Å². The number of rotatable bonds is 5. The molecule has 0 spiro atoms. The van der Waals surface area contributed by atoms with Gasteiger partial charge in [-0.3, -0.25) is 4.79 Å². The van der Waals surface area contributed by atoms with E-state index in [4.69, 9.17) is 4.74 Å². The van der Waals surface area contributed by atoms with Gasteiger partial charge >= 0.3 is 0 Å². The van der Waals surface area contributed by atoms with E-state index >= 15 is 0 Å². The van der Waals surface area contributed by atoms with Gasteiger partial charge in [0.2, 0.25) is 5.91 Å². The number of nitrogens with zero attached hydrogens (tertiary/aromatic N) is 1. The van der Waals surface area contributed by atoms with Crippen LogP contribution < -0.4 is 0 Å². The van der Waals surface area contributed by atoms with Crippen LogP contribution in [0.15, 0.2) is 30.3 Å². The Morgan fingerprint density at radius 2 is 1.77 bits per heavy atom. The van der Waals surface area contributed by atoms with Crippen LogP contribution in [-0.4, -0.2) is 52.9 Å². The molecule has 0 radical (unpaired) electrons. The highest BCUT2D eigenvalue weighted by Crippen LogP contribution is 2.68. The van der Waals surface area contributed by atoms with Crippen LogP contribution in [0.4, 0.5) is 0 Å². The highest BCUT2D eigenvalue weighted by Gasteiger charge is 2.62. The Kier molecular flexibility index (Phi) is 7.65. The van der Waals surface area contributed by atoms with Gasteiger partial charge in [-0.25, -0.2) is 0 Å². The number of hydrogen-bond donors (Lipinski definition) is 2. The van der Waals surface area contributed by atoms with E-state index in [-0.39, 0.29) is 35.0 Å². The summed E-state index contributed by atoms with van der Waals surface area (Å²) in [5.74, 6) is 3.46. The Balaban J connectivity index is 1.08. The zero-order valence-electron chi connectivity index (χ0n) is 24.4. The van der Waals surface area contributed by atoms with Gasteiger partial charge in [-0.05, 0) is 110 Å². The van der Waals surface area contributed by atoms with Crippen molar-refractivity contribution in [3.05, 3.63) is 35.9 Å². The van der Waals surface area contributed by atoms with Gasteiger partial charge < -0.3 is 19.8 Å². The highest BCUT2D eigenvalue weighted by molar-refractivity contribution is 5.76. The number of benzene rings is 1. The monoisotopic (exact) mass is 537 g/mol. The molecule has 1 aromatic carbocycles. The standard InChI is InChI=1S/C34H51NO4/c1-22(9-12-31(38)35-17-18-39-30(21-35)23-7-5-4-6-8-23)26-10-11-27-32-28(14-16-34(26,27)3)33(2)15-13-25(36)19-24(33)20-29(32)37/h4-8,22,24-30,32,36-37H,9-21H2,1-3H3/t22-,24+,25-,26-,27+,28+,29+,30?,32+,33+,34-/m1/s1. The number of hydrogen-bond acceptors (Lipinski definition) is 4. The number of carbonyl (C=O) groups is 1. The van der Waals surface area contributed by atoms with Crippen LogP contribution in [0.5, 0.6) is 0 Å². The summed E-state index contributed by atoms with van der Waals surface area (Å²) in [7, 11) is 0. The summed E-state index contributed by atoms with van der Waals surface area (Å²) >= 11 is 0. The summed E-state index contributed by atoms with van der Waals surface area (Å²) in [5, 5.41) is 21.9. The number of carbonyl (C=O) groups excluding carboxylic acids is 1. The molecule has 0 aromatic heterocycles. The van der Waals surface area contributed by atoms with Crippen molar-refractivity contribution in [1.82, 2.24) is 4.90 Å². The molecule has 5 aliphatic rings. The molecule has 1 unspecified atom stereocenters. The molecule has 1 aromatic rings. The van der Waals surface area contributed by atoms with Crippen molar-refractivity contribution in [2.45, 2.75) is 103 Å². The Morgan fingerprint density at radius 1 is 1.03 bits per heavy atom. The van der Waals surface area contributed by atoms with E-state index < -0.39 is 0 Å². The largest absolute Gasteiger partial charge is 0.393 e. The van der Waals surface area contributed by atoms with Gasteiger partial charge in [0, 0.05) is 13.0 Å². The van der Waals surface area contributed by atoms with E-state index in [1.54, 1.807) is 0 Å². The molecule has 216 valence electrons. The summed E-state index contributed by atoms with van der Waals surface area (Å²) in [6.45, 7) is 9.36. The number of amides is 1. The van der Waals surface area contributed by atoms with Crippen LogP contribution in [0.3, 0.4) is 0 Å². The lowest BCUT2D eigenvalue weighted by atomic mass is 9.43. The number of aliphatic hydroxyl groups is 2. The Morgan fingerprint density at radius 3 is 2.56 bits per heavy atom. The molecule has 5 nitrogen and oxygen atoms in total. The molecule has 1 heterocycles. The van der Waals surface area contributed by atoms with Crippen molar-refractivity contribution < 1.29 is 19.7 Å². The van der Waals surface area contributed by atoms with Gasteiger partial charge in [0.25, 0.3) is 0 Å². The summed E-state index contributed by atoms with van der Waals surface area (Å²) in [6, 6.07) is 10.3. The van der Waals surface area contributed by atoms with E-state index in [9.17, 15) is 15.0 Å². The number of morpholine rings is 1. The number of fused-ring (bicyclic) bond motifs is 5. The van der Waals surface area contributed by atoms with Gasteiger partial charge in [0.1, 0.15) is 6.10 Å². The first kappa shape index (κ1) is 27.7. The molecule has 1 saturated heterocycles. The van der Waals surface area contributed by atoms with Crippen LogP contribution in [-0.2, 0) is 9.53 Å². The van der Waals surface area contributed by atoms with Crippen molar-refractivity contribution in [1.29, 1.82) is 0 Å². The average molecular weight is 538 g/mol. The van der Waals surface area contributed by atoms with Crippen molar-refractivity contribution in [2.24, 2.45) is 46.3 Å². The SMILES string of the molecule is C[C@H](CCC(=O)N1CCOC(c2ccccc2)C1)[C@H]1CC[C@H]2[C@@H]3[C@@H](O)C[C@@H]4C[C@H](O)CC[C@]4(C)[C@H]3CC[C@]12C. The first-order chi connectivity index (χ1) is 18.7. The van der Waals surface area contributed by atoms with Gasteiger partial charge in [0.15, 0.2) is 0 Å². The fraction of sp³-hybridized carbons (Fsp3) is 0.794. The predicted octanol–water partition coefficient (Wildman–Crippen LogP) is 5.99. The van der Waals surface area contributed by atoms with E-state index in [1.165, 1.54) is 25.7 Å². The maximum Gasteiger partial charge on any atom is 0.222 e. The van der Waals surface area contributed by atoms with E-state index in [1.807, 2.05) is 23.1 Å². The minimum atomic E-state index is -0.225. The second kappa shape index (κ2) is 10.8. The third kappa shape index (κ3) is 4.89. The minimum Gasteiger partial charge on any atom is -0.393 e. The molecule has 5 fully saturated rings. The van der Waals surface area contributed by atoms with Crippen molar-refractivity contribution in [3.8, 4) is 0 Å². The van der Waals surface area contributed by atoms with Crippen molar-refractivity contribution in [2.75, 3.05) is 19.7 Å². The molecule has 6 rings (SSSR count). The lowest BCUT2D eigenvalue weighted by Gasteiger charge is -2.62. The van der Waals surface area contributed by atoms with E-state index in [2.05, 4.69) is 32.9 Å².